The highest BCUT2D eigenvalue weighted by Gasteiger charge is 2.20. The van der Waals surface area contributed by atoms with E-state index in [1.165, 1.54) is 10.7 Å². The van der Waals surface area contributed by atoms with Crippen molar-refractivity contribution in [3.8, 4) is 22.5 Å². The topological polar surface area (TPSA) is 94.2 Å². The number of pyridine rings is 2. The van der Waals surface area contributed by atoms with E-state index >= 15 is 0 Å². The van der Waals surface area contributed by atoms with Crippen LogP contribution in [0.5, 0.6) is 0 Å². The first-order valence-corrected chi connectivity index (χ1v) is 11.4. The molecule has 0 unspecified atom stereocenters. The van der Waals surface area contributed by atoms with Gasteiger partial charge < -0.3 is 5.32 Å². The van der Waals surface area contributed by atoms with E-state index in [2.05, 4.69) is 15.4 Å². The number of fused-ring (bicyclic) bond motifs is 1. The van der Waals surface area contributed by atoms with Gasteiger partial charge in [-0.3, -0.25) is 14.6 Å². The van der Waals surface area contributed by atoms with Crippen molar-refractivity contribution < 1.29 is 4.79 Å². The minimum absolute atomic E-state index is 0.0988. The third kappa shape index (κ3) is 4.46. The van der Waals surface area contributed by atoms with Crippen molar-refractivity contribution in [3.05, 3.63) is 107 Å². The van der Waals surface area contributed by atoms with E-state index in [4.69, 9.17) is 5.10 Å². The molecule has 1 aromatic carbocycles. The molecular formula is C27H24N6O2. The second-order valence-corrected chi connectivity index (χ2v) is 8.47. The first kappa shape index (κ1) is 22.2. The molecule has 35 heavy (non-hydrogen) atoms. The van der Waals surface area contributed by atoms with Crippen LogP contribution in [0.1, 0.15) is 35.8 Å². The Hall–Kier alpha value is -4.59. The van der Waals surface area contributed by atoms with Crippen LogP contribution in [0.25, 0.3) is 28.0 Å². The second kappa shape index (κ2) is 9.34. The number of aromatic nitrogens is 5. The summed E-state index contributed by atoms with van der Waals surface area (Å²) in [5, 5.41) is 12.4. The van der Waals surface area contributed by atoms with Crippen molar-refractivity contribution in [2.45, 2.75) is 26.4 Å². The van der Waals surface area contributed by atoms with Crippen LogP contribution >= 0.6 is 0 Å². The fraction of sp³-hybridized carbons (Fsp3) is 0.148. The minimum atomic E-state index is -0.204. The van der Waals surface area contributed by atoms with Crippen LogP contribution in [0.2, 0.25) is 0 Å². The second-order valence-electron chi connectivity index (χ2n) is 8.47. The predicted molar refractivity (Wildman–Crippen MR) is 134 cm³/mol. The third-order valence-corrected chi connectivity index (χ3v) is 5.69. The number of nitrogens with zero attached hydrogens (tertiary/aromatic N) is 5. The van der Waals surface area contributed by atoms with Crippen molar-refractivity contribution in [1.29, 1.82) is 0 Å². The lowest BCUT2D eigenvalue weighted by molar-refractivity contribution is 0.0951. The molecule has 5 rings (SSSR count). The van der Waals surface area contributed by atoms with Crippen molar-refractivity contribution in [2.24, 2.45) is 0 Å². The Labute approximate surface area is 201 Å². The Morgan fingerprint density at radius 2 is 1.83 bits per heavy atom. The third-order valence-electron chi connectivity index (χ3n) is 5.69. The number of carbonyl (C=O) groups is 1. The van der Waals surface area contributed by atoms with Crippen LogP contribution in [0, 0.1) is 0 Å². The Kier molecular flexibility index (Phi) is 5.93. The van der Waals surface area contributed by atoms with Crippen LogP contribution in [0.3, 0.4) is 0 Å². The molecule has 0 spiro atoms. The minimum Gasteiger partial charge on any atom is -0.348 e. The molecule has 174 valence electrons. The van der Waals surface area contributed by atoms with Gasteiger partial charge in [-0.25, -0.2) is 9.20 Å². The number of nitrogens with one attached hydrogen (secondary N) is 1. The van der Waals surface area contributed by atoms with E-state index < -0.39 is 0 Å². The average Bonchev–Trinajstić information content (AvgIpc) is 3.27. The van der Waals surface area contributed by atoms with Crippen LogP contribution in [0.4, 0.5) is 0 Å². The summed E-state index contributed by atoms with van der Waals surface area (Å²) < 4.78 is 3.19. The van der Waals surface area contributed by atoms with E-state index in [1.807, 2.05) is 56.3 Å². The molecule has 0 radical (unpaired) electrons. The number of hydrogen-bond donors (Lipinski definition) is 1. The maximum atomic E-state index is 13.0. The molecule has 0 saturated carbocycles. The molecule has 5 aromatic rings. The van der Waals surface area contributed by atoms with Gasteiger partial charge in [-0.15, -0.1) is 0 Å². The Bertz CT molecular complexity index is 1560. The number of hydrogen-bond acceptors (Lipinski definition) is 5. The first-order valence-electron chi connectivity index (χ1n) is 11.4. The lowest BCUT2D eigenvalue weighted by Gasteiger charge is -2.11. The summed E-state index contributed by atoms with van der Waals surface area (Å²) in [6, 6.07) is 20.2. The van der Waals surface area contributed by atoms with Gasteiger partial charge in [-0.2, -0.15) is 10.2 Å². The van der Waals surface area contributed by atoms with Gasteiger partial charge in [0.25, 0.3) is 11.5 Å². The molecule has 0 atom stereocenters. The molecule has 8 nitrogen and oxygen atoms in total. The summed E-state index contributed by atoms with van der Waals surface area (Å²) in [7, 11) is 0. The summed E-state index contributed by atoms with van der Waals surface area (Å²) in [5.74, 6) is -0.204. The molecule has 1 N–H and O–H groups in total. The van der Waals surface area contributed by atoms with Crippen LogP contribution in [-0.4, -0.2) is 30.3 Å². The van der Waals surface area contributed by atoms with E-state index in [1.54, 1.807) is 41.3 Å². The van der Waals surface area contributed by atoms with Gasteiger partial charge in [0, 0.05) is 42.3 Å². The SMILES string of the molecule is CC(C)n1nc(-c2c(-c3ccccc3)nn3ccc(C(=O)NCc4cccnc4)cc23)ccc1=O. The largest absolute Gasteiger partial charge is 0.348 e. The number of carbonyl (C=O) groups excluding carboxylic acids is 1. The van der Waals surface area contributed by atoms with E-state index in [9.17, 15) is 9.59 Å². The zero-order valence-electron chi connectivity index (χ0n) is 19.4. The normalized spacial score (nSPS) is 11.2. The molecule has 0 saturated heterocycles. The standard InChI is InChI=1S/C27H24N6O2/c1-18(2)33-24(34)11-10-22(30-33)25-23-15-21(27(35)29-17-19-7-6-13-28-16-19)12-14-32(23)31-26(25)20-8-4-3-5-9-20/h3-16,18H,17H2,1-2H3,(H,29,35). The Balaban J connectivity index is 1.62. The highest BCUT2D eigenvalue weighted by Crippen LogP contribution is 2.34. The van der Waals surface area contributed by atoms with Gasteiger partial charge in [0.1, 0.15) is 5.69 Å². The number of rotatable bonds is 6. The van der Waals surface area contributed by atoms with Gasteiger partial charge in [-0.05, 0) is 43.7 Å². The lowest BCUT2D eigenvalue weighted by atomic mass is 10.0. The predicted octanol–water partition coefficient (Wildman–Crippen LogP) is 4.13. The molecule has 1 amide bonds. The molecule has 0 aliphatic heterocycles. The van der Waals surface area contributed by atoms with E-state index in [-0.39, 0.29) is 17.5 Å². The van der Waals surface area contributed by atoms with Gasteiger partial charge in [0.2, 0.25) is 0 Å². The summed E-state index contributed by atoms with van der Waals surface area (Å²) in [4.78, 5) is 29.4. The van der Waals surface area contributed by atoms with Gasteiger partial charge in [0.15, 0.2) is 0 Å². The lowest BCUT2D eigenvalue weighted by Crippen LogP contribution is -2.24. The Morgan fingerprint density at radius 1 is 1.00 bits per heavy atom. The summed E-state index contributed by atoms with van der Waals surface area (Å²) in [5.41, 5.74) is 4.97. The Morgan fingerprint density at radius 3 is 2.57 bits per heavy atom. The summed E-state index contributed by atoms with van der Waals surface area (Å²) in [6.07, 6.45) is 5.18. The van der Waals surface area contributed by atoms with Crippen molar-refractivity contribution in [2.75, 3.05) is 0 Å². The highest BCUT2D eigenvalue weighted by molar-refractivity contribution is 5.98. The summed E-state index contributed by atoms with van der Waals surface area (Å²) >= 11 is 0. The van der Waals surface area contributed by atoms with Crippen molar-refractivity contribution in [3.63, 3.8) is 0 Å². The van der Waals surface area contributed by atoms with Crippen LogP contribution in [-0.2, 0) is 6.54 Å². The first-order chi connectivity index (χ1) is 17.0. The van der Waals surface area contributed by atoms with Crippen LogP contribution < -0.4 is 10.9 Å². The smallest absolute Gasteiger partial charge is 0.267 e. The molecule has 4 heterocycles. The molecule has 8 heteroatoms. The fourth-order valence-electron chi connectivity index (χ4n) is 3.95. The molecule has 0 aliphatic carbocycles. The zero-order valence-corrected chi connectivity index (χ0v) is 19.4. The van der Waals surface area contributed by atoms with Crippen molar-refractivity contribution >= 4 is 11.4 Å². The van der Waals surface area contributed by atoms with E-state index in [0.29, 0.717) is 17.8 Å². The molecule has 0 aliphatic rings. The van der Waals surface area contributed by atoms with Gasteiger partial charge in [-0.1, -0.05) is 36.4 Å². The zero-order chi connectivity index (χ0) is 24.4. The fourth-order valence-corrected chi connectivity index (χ4v) is 3.95. The number of amides is 1. The molecular weight excluding hydrogens is 440 g/mol. The molecule has 0 bridgehead atoms. The van der Waals surface area contributed by atoms with Gasteiger partial charge in [0.05, 0.1) is 22.8 Å². The summed E-state index contributed by atoms with van der Waals surface area (Å²) in [6.45, 7) is 4.20. The molecule has 4 aromatic heterocycles. The number of benzene rings is 1. The maximum Gasteiger partial charge on any atom is 0.267 e. The van der Waals surface area contributed by atoms with E-state index in [0.717, 1.165) is 27.9 Å². The van der Waals surface area contributed by atoms with Crippen LogP contribution in [0.15, 0.2) is 90.1 Å². The molecule has 0 fully saturated rings. The quantitative estimate of drug-likeness (QED) is 0.408. The monoisotopic (exact) mass is 464 g/mol. The highest BCUT2D eigenvalue weighted by atomic mass is 16.1. The van der Waals surface area contributed by atoms with Gasteiger partial charge >= 0.3 is 0 Å². The maximum absolute atomic E-state index is 13.0. The van der Waals surface area contributed by atoms with Crippen molar-refractivity contribution in [1.82, 2.24) is 29.7 Å². The average molecular weight is 465 g/mol.